The molecule has 0 aliphatic rings. The van der Waals surface area contributed by atoms with Gasteiger partial charge in [0.2, 0.25) is 5.91 Å². The molecule has 2 N–H and O–H groups in total. The van der Waals surface area contributed by atoms with E-state index in [1.165, 1.54) is 18.3 Å². The van der Waals surface area contributed by atoms with Gasteiger partial charge in [-0.3, -0.25) is 14.9 Å². The number of carbonyl (C=O) groups excluding carboxylic acids is 2. The van der Waals surface area contributed by atoms with Crippen LogP contribution in [0.3, 0.4) is 0 Å². The molecule has 156 valence electrons. The van der Waals surface area contributed by atoms with E-state index in [4.69, 9.17) is 0 Å². The summed E-state index contributed by atoms with van der Waals surface area (Å²) < 4.78 is 1.74. The van der Waals surface area contributed by atoms with E-state index in [0.29, 0.717) is 17.2 Å². The number of nitrogens with one attached hydrogen (secondary N) is 2. The molecule has 2 aromatic carbocycles. The molecule has 2 heterocycles. The van der Waals surface area contributed by atoms with Gasteiger partial charge >= 0.3 is 0 Å². The summed E-state index contributed by atoms with van der Waals surface area (Å²) in [6.07, 6.45) is 1.57. The van der Waals surface area contributed by atoms with Crippen molar-refractivity contribution in [1.29, 1.82) is 0 Å². The predicted molar refractivity (Wildman–Crippen MR) is 121 cm³/mol. The second kappa shape index (κ2) is 8.93. The fourth-order valence-electron chi connectivity index (χ4n) is 3.11. The smallest absolute Gasteiger partial charge is 0.260 e. The van der Waals surface area contributed by atoms with Crippen molar-refractivity contribution in [3.63, 3.8) is 0 Å². The van der Waals surface area contributed by atoms with Crippen LogP contribution < -0.4 is 10.6 Å². The summed E-state index contributed by atoms with van der Waals surface area (Å²) in [5.74, 6) is -0.306. The highest BCUT2D eigenvalue weighted by Crippen LogP contribution is 2.26. The average Bonchev–Trinajstić information content (AvgIpc) is 3.40. The van der Waals surface area contributed by atoms with Crippen molar-refractivity contribution in [2.24, 2.45) is 0 Å². The molecule has 0 saturated carbocycles. The highest BCUT2D eigenvalue weighted by molar-refractivity contribution is 7.14. The van der Waals surface area contributed by atoms with Gasteiger partial charge in [0.15, 0.2) is 5.13 Å². The third kappa shape index (κ3) is 4.70. The molecule has 0 fully saturated rings. The quantitative estimate of drug-likeness (QED) is 0.479. The number of aromatic nitrogens is 3. The lowest BCUT2D eigenvalue weighted by Crippen LogP contribution is -2.18. The van der Waals surface area contributed by atoms with Gasteiger partial charge in [-0.15, -0.1) is 11.3 Å². The first-order valence-electron chi connectivity index (χ1n) is 9.72. The van der Waals surface area contributed by atoms with E-state index in [1.54, 1.807) is 10.9 Å². The molecule has 2 amide bonds. The van der Waals surface area contributed by atoms with Gasteiger partial charge in [-0.1, -0.05) is 42.5 Å². The van der Waals surface area contributed by atoms with Crippen molar-refractivity contribution in [1.82, 2.24) is 20.1 Å². The highest BCUT2D eigenvalue weighted by Gasteiger charge is 2.17. The lowest BCUT2D eigenvalue weighted by Gasteiger charge is -2.05. The number of carbonyl (C=O) groups is 2. The summed E-state index contributed by atoms with van der Waals surface area (Å²) >= 11 is 1.37. The maximum atomic E-state index is 12.8. The molecule has 4 aromatic rings. The van der Waals surface area contributed by atoms with E-state index in [-0.39, 0.29) is 11.8 Å². The minimum atomic E-state index is -0.244. The summed E-state index contributed by atoms with van der Waals surface area (Å²) in [5, 5.41) is 12.4. The second-order valence-electron chi connectivity index (χ2n) is 6.99. The maximum absolute atomic E-state index is 12.8. The average molecular weight is 432 g/mol. The van der Waals surface area contributed by atoms with E-state index < -0.39 is 0 Å². The van der Waals surface area contributed by atoms with Gasteiger partial charge in [-0.05, 0) is 24.6 Å². The predicted octanol–water partition coefficient (Wildman–Crippen LogP) is 4.19. The SMILES string of the molecule is CC(=O)NCc1ccc(-c2csc(NC(=O)c3cnn(-c4ccccc4)c3C)n2)cc1. The third-order valence-corrected chi connectivity index (χ3v) is 5.53. The first kappa shape index (κ1) is 20.5. The molecule has 0 bridgehead atoms. The Kier molecular flexibility index (Phi) is 5.90. The van der Waals surface area contributed by atoms with Gasteiger partial charge in [0.25, 0.3) is 5.91 Å². The molecule has 0 saturated heterocycles. The van der Waals surface area contributed by atoms with E-state index in [0.717, 1.165) is 28.2 Å². The Morgan fingerprint density at radius 1 is 1.06 bits per heavy atom. The van der Waals surface area contributed by atoms with Crippen molar-refractivity contribution in [2.45, 2.75) is 20.4 Å². The van der Waals surface area contributed by atoms with Crippen LogP contribution in [-0.4, -0.2) is 26.6 Å². The van der Waals surface area contributed by atoms with Crippen molar-refractivity contribution in [3.8, 4) is 16.9 Å². The van der Waals surface area contributed by atoms with Gasteiger partial charge in [-0.25, -0.2) is 9.67 Å². The Hall–Kier alpha value is -3.78. The lowest BCUT2D eigenvalue weighted by molar-refractivity contribution is -0.119. The summed E-state index contributed by atoms with van der Waals surface area (Å²) in [5.41, 5.74) is 4.89. The number of thiazole rings is 1. The van der Waals surface area contributed by atoms with Crippen molar-refractivity contribution < 1.29 is 9.59 Å². The maximum Gasteiger partial charge on any atom is 0.260 e. The van der Waals surface area contributed by atoms with Gasteiger partial charge in [0.05, 0.1) is 28.8 Å². The first-order valence-corrected chi connectivity index (χ1v) is 10.6. The highest BCUT2D eigenvalue weighted by atomic mass is 32.1. The van der Waals surface area contributed by atoms with Crippen LogP contribution in [0.5, 0.6) is 0 Å². The molecule has 31 heavy (non-hydrogen) atoms. The number of nitrogens with zero attached hydrogens (tertiary/aromatic N) is 3. The zero-order valence-electron chi connectivity index (χ0n) is 17.1. The van der Waals surface area contributed by atoms with E-state index >= 15 is 0 Å². The number of hydrogen-bond donors (Lipinski definition) is 2. The Labute approximate surface area is 183 Å². The van der Waals surface area contributed by atoms with Crippen LogP contribution in [0, 0.1) is 6.92 Å². The molecule has 0 aliphatic carbocycles. The zero-order chi connectivity index (χ0) is 21.8. The van der Waals surface area contributed by atoms with Gasteiger partial charge < -0.3 is 5.32 Å². The largest absolute Gasteiger partial charge is 0.352 e. The number of anilines is 1. The van der Waals surface area contributed by atoms with Gasteiger partial charge in [-0.2, -0.15) is 5.10 Å². The molecule has 0 spiro atoms. The topological polar surface area (TPSA) is 88.9 Å². The van der Waals surface area contributed by atoms with Crippen LogP contribution in [0.1, 0.15) is 28.5 Å². The van der Waals surface area contributed by atoms with Gasteiger partial charge in [0, 0.05) is 24.4 Å². The third-order valence-electron chi connectivity index (χ3n) is 4.77. The van der Waals surface area contributed by atoms with Crippen LogP contribution in [0.2, 0.25) is 0 Å². The van der Waals surface area contributed by atoms with Crippen LogP contribution in [-0.2, 0) is 11.3 Å². The number of hydrogen-bond acceptors (Lipinski definition) is 5. The molecule has 0 radical (unpaired) electrons. The number of amides is 2. The van der Waals surface area contributed by atoms with E-state index in [2.05, 4.69) is 20.7 Å². The number of para-hydroxylation sites is 1. The zero-order valence-corrected chi connectivity index (χ0v) is 17.9. The summed E-state index contributed by atoms with van der Waals surface area (Å²) in [6.45, 7) is 3.85. The van der Waals surface area contributed by atoms with E-state index in [1.807, 2.05) is 66.9 Å². The van der Waals surface area contributed by atoms with Gasteiger partial charge in [0.1, 0.15) is 0 Å². The molecular formula is C23H21N5O2S. The fourth-order valence-corrected chi connectivity index (χ4v) is 3.82. The standard InChI is InChI=1S/C23H21N5O2S/c1-15-20(13-25-28(15)19-6-4-3-5-7-19)22(30)27-23-26-21(14-31-23)18-10-8-17(9-11-18)12-24-16(2)29/h3-11,13-14H,12H2,1-2H3,(H,24,29)(H,26,27,30). The Balaban J connectivity index is 1.45. The van der Waals surface area contributed by atoms with Crippen LogP contribution in [0.25, 0.3) is 16.9 Å². The fraction of sp³-hybridized carbons (Fsp3) is 0.130. The van der Waals surface area contributed by atoms with Crippen molar-refractivity contribution in [3.05, 3.63) is 83.0 Å². The molecule has 4 rings (SSSR count). The molecule has 8 heteroatoms. The van der Waals surface area contributed by atoms with Crippen LogP contribution in [0.4, 0.5) is 5.13 Å². The van der Waals surface area contributed by atoms with Crippen molar-refractivity contribution in [2.75, 3.05) is 5.32 Å². The minimum Gasteiger partial charge on any atom is -0.352 e. The molecule has 0 atom stereocenters. The molecule has 7 nitrogen and oxygen atoms in total. The minimum absolute atomic E-state index is 0.0616. The number of benzene rings is 2. The van der Waals surface area contributed by atoms with E-state index in [9.17, 15) is 9.59 Å². The Bertz CT molecular complexity index is 1210. The first-order chi connectivity index (χ1) is 15.0. The van der Waals surface area contributed by atoms with Crippen LogP contribution >= 0.6 is 11.3 Å². The van der Waals surface area contributed by atoms with Crippen molar-refractivity contribution >= 4 is 28.3 Å². The second-order valence-corrected chi connectivity index (χ2v) is 7.85. The Morgan fingerprint density at radius 3 is 2.52 bits per heavy atom. The molecule has 2 aromatic heterocycles. The van der Waals surface area contributed by atoms with Crippen LogP contribution in [0.15, 0.2) is 66.2 Å². The normalized spacial score (nSPS) is 10.6. The Morgan fingerprint density at radius 2 is 1.81 bits per heavy atom. The molecular weight excluding hydrogens is 410 g/mol. The molecule has 0 unspecified atom stereocenters. The monoisotopic (exact) mass is 431 g/mol. The lowest BCUT2D eigenvalue weighted by atomic mass is 10.1. The summed E-state index contributed by atoms with van der Waals surface area (Å²) in [6, 6.07) is 17.5. The number of rotatable bonds is 6. The molecule has 0 aliphatic heterocycles. The summed E-state index contributed by atoms with van der Waals surface area (Å²) in [7, 11) is 0. The summed E-state index contributed by atoms with van der Waals surface area (Å²) in [4.78, 5) is 28.3.